The fourth-order valence-corrected chi connectivity index (χ4v) is 6.54. The average Bonchev–Trinajstić information content (AvgIpc) is 3.23. The Morgan fingerprint density at radius 2 is 1.00 bits per heavy atom. The molecule has 0 aromatic carbocycles. The Labute approximate surface area is 365 Å². The highest BCUT2D eigenvalue weighted by Gasteiger charge is 2.19. The lowest BCUT2D eigenvalue weighted by molar-refractivity contribution is -0.147. The second-order valence-electron chi connectivity index (χ2n) is 15.8. The van der Waals surface area contributed by atoms with Gasteiger partial charge in [-0.15, -0.1) is 0 Å². The van der Waals surface area contributed by atoms with E-state index in [9.17, 15) is 19.2 Å². The van der Waals surface area contributed by atoms with Gasteiger partial charge in [0.15, 0.2) is 0 Å². The van der Waals surface area contributed by atoms with Crippen molar-refractivity contribution in [1.29, 1.82) is 0 Å². The van der Waals surface area contributed by atoms with Crippen LogP contribution in [0.2, 0.25) is 0 Å². The van der Waals surface area contributed by atoms with Crippen molar-refractivity contribution >= 4 is 23.8 Å². The molecule has 0 aliphatic carbocycles. The van der Waals surface area contributed by atoms with Crippen molar-refractivity contribution in [2.75, 3.05) is 13.2 Å². The second-order valence-corrected chi connectivity index (χ2v) is 15.8. The van der Waals surface area contributed by atoms with Gasteiger partial charge in [0.05, 0.1) is 13.2 Å². The van der Waals surface area contributed by atoms with E-state index in [1.165, 1.54) is 96.3 Å². The molecule has 0 bridgehead atoms. The molecule has 0 aromatic heterocycles. The van der Waals surface area contributed by atoms with Crippen molar-refractivity contribution in [2.45, 2.75) is 212 Å². The third-order valence-electron chi connectivity index (χ3n) is 10.2. The molecule has 0 saturated carbocycles. The summed E-state index contributed by atoms with van der Waals surface area (Å²) in [7, 11) is 0. The van der Waals surface area contributed by atoms with Crippen LogP contribution in [0.25, 0.3) is 0 Å². The summed E-state index contributed by atoms with van der Waals surface area (Å²) in [4.78, 5) is 47.8. The van der Waals surface area contributed by atoms with Crippen LogP contribution in [0.15, 0.2) is 72.9 Å². The molecule has 2 amide bonds. The molecule has 0 spiro atoms. The predicted octanol–water partition coefficient (Wildman–Crippen LogP) is 12.3. The molecule has 0 aliphatic heterocycles. The average molecular weight is 839 g/mol. The van der Waals surface area contributed by atoms with Gasteiger partial charge in [-0.3, -0.25) is 14.4 Å². The Bertz CT molecular complexity index is 1240. The molecule has 60 heavy (non-hydrogen) atoms. The van der Waals surface area contributed by atoms with Crippen LogP contribution in [-0.4, -0.2) is 59.3 Å². The zero-order valence-corrected chi connectivity index (χ0v) is 37.9. The van der Waals surface area contributed by atoms with Crippen molar-refractivity contribution in [3.8, 4) is 0 Å². The number of nitrogens with one attached hydrogen (secondary N) is 2. The van der Waals surface area contributed by atoms with Crippen molar-refractivity contribution in [3.63, 3.8) is 0 Å². The minimum absolute atomic E-state index is 0.165. The van der Waals surface area contributed by atoms with E-state index in [-0.39, 0.29) is 30.9 Å². The quantitative estimate of drug-likeness (QED) is 0.0272. The minimum Gasteiger partial charge on any atom is -0.480 e. The Morgan fingerprint density at radius 3 is 1.53 bits per heavy atom. The third kappa shape index (κ3) is 41.0. The Balaban J connectivity index is 4.29. The number of rotatable bonds is 42. The molecule has 0 saturated heterocycles. The van der Waals surface area contributed by atoms with E-state index >= 15 is 0 Å². The highest BCUT2D eigenvalue weighted by atomic mass is 16.5. The Kier molecular flexibility index (Phi) is 42.0. The second kappa shape index (κ2) is 44.8. The van der Waals surface area contributed by atoms with Crippen LogP contribution in [0.5, 0.6) is 0 Å². The number of aliphatic hydroxyl groups excluding tert-OH is 1. The third-order valence-corrected chi connectivity index (χ3v) is 10.2. The Morgan fingerprint density at radius 1 is 0.533 bits per heavy atom. The first-order chi connectivity index (χ1) is 29.3. The topological polar surface area (TPSA) is 142 Å². The lowest BCUT2D eigenvalue weighted by atomic mass is 10.0. The number of hydrogen-bond acceptors (Lipinski definition) is 6. The van der Waals surface area contributed by atoms with Crippen LogP contribution in [0.4, 0.5) is 0 Å². The zero-order chi connectivity index (χ0) is 44.0. The van der Waals surface area contributed by atoms with Crippen molar-refractivity contribution < 1.29 is 34.1 Å². The minimum atomic E-state index is -1.41. The smallest absolute Gasteiger partial charge is 0.328 e. The van der Waals surface area contributed by atoms with Crippen LogP contribution < -0.4 is 10.6 Å². The van der Waals surface area contributed by atoms with Crippen LogP contribution in [0.3, 0.4) is 0 Å². The molecule has 2 unspecified atom stereocenters. The van der Waals surface area contributed by atoms with Gasteiger partial charge in [-0.25, -0.2) is 4.79 Å². The highest BCUT2D eigenvalue weighted by Crippen LogP contribution is 2.15. The summed E-state index contributed by atoms with van der Waals surface area (Å²) in [6.07, 6.45) is 56.7. The zero-order valence-electron chi connectivity index (χ0n) is 37.9. The van der Waals surface area contributed by atoms with Crippen LogP contribution in [0.1, 0.15) is 200 Å². The number of esters is 1. The van der Waals surface area contributed by atoms with Gasteiger partial charge in [-0.05, 0) is 89.5 Å². The highest BCUT2D eigenvalue weighted by molar-refractivity contribution is 5.87. The molecular weight excluding hydrogens is 753 g/mol. The lowest BCUT2D eigenvalue weighted by Gasteiger charge is -2.15. The molecule has 342 valence electrons. The van der Waals surface area contributed by atoms with Crippen molar-refractivity contribution in [2.24, 2.45) is 0 Å². The normalized spacial score (nSPS) is 13.1. The SMILES string of the molecule is CC/C=C\C/C=C\C/C=C\C/C=C\C(CCCCCC(=O)NCC(=O)NC(CO)C(=O)O)OC(=O)CCCCCCCCCCCCC/C=C\C/C=C\CCCCCCC. The first kappa shape index (κ1) is 56.3. The van der Waals surface area contributed by atoms with Gasteiger partial charge in [0.1, 0.15) is 12.1 Å². The number of allylic oxidation sites excluding steroid dienone is 11. The summed E-state index contributed by atoms with van der Waals surface area (Å²) in [6.45, 7) is 3.30. The fraction of sp³-hybridized carbons (Fsp3) is 0.686. The van der Waals surface area contributed by atoms with E-state index < -0.39 is 24.5 Å². The van der Waals surface area contributed by atoms with Gasteiger partial charge >= 0.3 is 11.9 Å². The Hall–Kier alpha value is -3.72. The lowest BCUT2D eigenvalue weighted by Crippen LogP contribution is -2.47. The number of carboxylic acid groups (broad SMARTS) is 1. The van der Waals surface area contributed by atoms with Gasteiger partial charge in [-0.2, -0.15) is 0 Å². The van der Waals surface area contributed by atoms with Gasteiger partial charge < -0.3 is 25.6 Å². The number of hydrogen-bond donors (Lipinski definition) is 4. The van der Waals surface area contributed by atoms with Gasteiger partial charge in [-0.1, -0.05) is 171 Å². The summed E-state index contributed by atoms with van der Waals surface area (Å²) in [5.41, 5.74) is 0. The van der Waals surface area contributed by atoms with E-state index in [0.29, 0.717) is 19.3 Å². The number of carboxylic acids is 1. The predicted molar refractivity (Wildman–Crippen MR) is 250 cm³/mol. The van der Waals surface area contributed by atoms with Crippen molar-refractivity contribution in [1.82, 2.24) is 10.6 Å². The number of amides is 2. The maximum atomic E-state index is 12.8. The van der Waals surface area contributed by atoms with Gasteiger partial charge in [0.25, 0.3) is 0 Å². The first-order valence-corrected chi connectivity index (χ1v) is 23.8. The van der Waals surface area contributed by atoms with Gasteiger partial charge in [0, 0.05) is 12.8 Å². The molecule has 0 rings (SSSR count). The van der Waals surface area contributed by atoms with E-state index in [1.807, 2.05) is 12.2 Å². The molecule has 0 heterocycles. The van der Waals surface area contributed by atoms with Crippen molar-refractivity contribution in [3.05, 3.63) is 72.9 Å². The molecule has 0 aliphatic rings. The standard InChI is InChI=1S/C51H86N2O7/c1-3-5-7-9-11-13-15-16-17-18-19-20-21-22-23-24-25-26-28-30-32-34-39-43-50(57)60-46(40-36-33-31-29-27-14-12-10-8-6-4-2)41-37-35-38-42-48(55)52-44-49(56)53-47(45-54)51(58)59/h6,8,12,14-16,18-19,29,31,36,40,46-47,54H,3-5,7,9-11,13,17,20-28,30,32-35,37-39,41-45H2,1-2H3,(H,52,55)(H,53,56)(H,58,59)/b8-6-,14-12-,16-15-,19-18-,31-29-,40-36-. The van der Waals surface area contributed by atoms with E-state index in [0.717, 1.165) is 64.2 Å². The number of aliphatic carboxylic acids is 1. The molecule has 9 heteroatoms. The van der Waals surface area contributed by atoms with Gasteiger partial charge in [0.2, 0.25) is 11.8 Å². The summed E-state index contributed by atoms with van der Waals surface area (Å²) in [5.74, 6) is -2.50. The molecule has 2 atom stereocenters. The van der Waals surface area contributed by atoms with E-state index in [4.69, 9.17) is 14.9 Å². The molecule has 0 fully saturated rings. The summed E-state index contributed by atoms with van der Waals surface area (Å²) < 4.78 is 5.89. The van der Waals surface area contributed by atoms with Crippen LogP contribution >= 0.6 is 0 Å². The monoisotopic (exact) mass is 839 g/mol. The molecular formula is C51H86N2O7. The van der Waals surface area contributed by atoms with E-state index in [1.54, 1.807) is 0 Å². The van der Waals surface area contributed by atoms with Crippen LogP contribution in [0, 0.1) is 0 Å². The fourth-order valence-electron chi connectivity index (χ4n) is 6.54. The first-order valence-electron chi connectivity index (χ1n) is 23.8. The largest absolute Gasteiger partial charge is 0.480 e. The number of aliphatic hydroxyl groups is 1. The maximum Gasteiger partial charge on any atom is 0.328 e. The number of ether oxygens (including phenoxy) is 1. The summed E-state index contributed by atoms with van der Waals surface area (Å²) >= 11 is 0. The maximum absolute atomic E-state index is 12.8. The van der Waals surface area contributed by atoms with Crippen LogP contribution in [-0.2, 0) is 23.9 Å². The molecule has 4 N–H and O–H groups in total. The summed E-state index contributed by atoms with van der Waals surface area (Å²) in [5, 5.41) is 22.6. The number of unbranched alkanes of at least 4 members (excludes halogenated alkanes) is 18. The number of carbonyl (C=O) groups is 4. The molecule has 0 aromatic rings. The molecule has 0 radical (unpaired) electrons. The number of carbonyl (C=O) groups excluding carboxylic acids is 3. The van der Waals surface area contributed by atoms with E-state index in [2.05, 4.69) is 85.2 Å². The molecule has 9 nitrogen and oxygen atoms in total. The summed E-state index contributed by atoms with van der Waals surface area (Å²) in [6, 6.07) is -1.41.